The molecule has 2 aromatic rings. The van der Waals surface area contributed by atoms with E-state index in [0.29, 0.717) is 17.8 Å². The highest BCUT2D eigenvalue weighted by molar-refractivity contribution is 6.28. The van der Waals surface area contributed by atoms with Crippen molar-refractivity contribution in [3.8, 4) is 5.95 Å². The lowest BCUT2D eigenvalue weighted by Crippen LogP contribution is -2.29. The van der Waals surface area contributed by atoms with E-state index in [1.165, 1.54) is 17.3 Å². The van der Waals surface area contributed by atoms with Gasteiger partial charge in [0.25, 0.3) is 5.95 Å². The highest BCUT2D eigenvalue weighted by Gasteiger charge is 2.14. The highest BCUT2D eigenvalue weighted by atomic mass is 35.5. The van der Waals surface area contributed by atoms with E-state index >= 15 is 0 Å². The molecule has 0 spiro atoms. The normalized spacial score (nSPS) is 11.0. The number of hydrogen-bond donors (Lipinski definition) is 0. The van der Waals surface area contributed by atoms with Crippen LogP contribution in [0.15, 0.2) is 12.7 Å². The van der Waals surface area contributed by atoms with Crippen LogP contribution in [0.25, 0.3) is 5.95 Å². The SMILES string of the molecule is CCN(CC(C)C)c1nc(Cl)nc(-n2cncn2)n1. The maximum atomic E-state index is 5.95. The van der Waals surface area contributed by atoms with Gasteiger partial charge in [0.2, 0.25) is 11.2 Å². The van der Waals surface area contributed by atoms with E-state index in [9.17, 15) is 0 Å². The van der Waals surface area contributed by atoms with Crippen molar-refractivity contribution in [3.05, 3.63) is 17.9 Å². The Labute approximate surface area is 116 Å². The van der Waals surface area contributed by atoms with Crippen LogP contribution in [-0.4, -0.2) is 42.8 Å². The lowest BCUT2D eigenvalue weighted by Gasteiger charge is -2.22. The molecule has 0 saturated heterocycles. The summed E-state index contributed by atoms with van der Waals surface area (Å²) in [6.07, 6.45) is 2.94. The second-order valence-electron chi connectivity index (χ2n) is 4.48. The summed E-state index contributed by atoms with van der Waals surface area (Å²) in [5, 5.41) is 4.14. The van der Waals surface area contributed by atoms with Crippen LogP contribution >= 0.6 is 11.6 Å². The van der Waals surface area contributed by atoms with Gasteiger partial charge in [-0.05, 0) is 24.4 Å². The molecule has 0 aliphatic rings. The maximum absolute atomic E-state index is 5.95. The first-order valence-electron chi connectivity index (χ1n) is 6.11. The van der Waals surface area contributed by atoms with Crippen molar-refractivity contribution in [2.45, 2.75) is 20.8 Å². The lowest BCUT2D eigenvalue weighted by molar-refractivity contribution is 0.606. The molecule has 102 valence electrons. The summed E-state index contributed by atoms with van der Waals surface area (Å²) < 4.78 is 1.46. The van der Waals surface area contributed by atoms with E-state index in [-0.39, 0.29) is 5.28 Å². The molecule has 7 nitrogen and oxygen atoms in total. The number of anilines is 1. The van der Waals surface area contributed by atoms with Crippen molar-refractivity contribution in [2.24, 2.45) is 5.92 Å². The topological polar surface area (TPSA) is 72.6 Å². The van der Waals surface area contributed by atoms with Gasteiger partial charge in [0, 0.05) is 13.1 Å². The zero-order chi connectivity index (χ0) is 13.8. The standard InChI is InChI=1S/C11H16ClN7/c1-4-18(5-8(2)3)10-15-9(12)16-11(17-10)19-7-13-6-14-19/h6-8H,4-5H2,1-3H3. The molecule has 0 aromatic carbocycles. The lowest BCUT2D eigenvalue weighted by atomic mass is 10.2. The van der Waals surface area contributed by atoms with Crippen LogP contribution in [0.2, 0.25) is 5.28 Å². The molecule has 0 bridgehead atoms. The first-order chi connectivity index (χ1) is 9.10. The summed E-state index contributed by atoms with van der Waals surface area (Å²) >= 11 is 5.95. The molecular weight excluding hydrogens is 266 g/mol. The number of nitrogens with zero attached hydrogens (tertiary/aromatic N) is 7. The van der Waals surface area contributed by atoms with Crippen molar-refractivity contribution in [1.82, 2.24) is 29.7 Å². The van der Waals surface area contributed by atoms with Crippen LogP contribution in [0.3, 0.4) is 0 Å². The third-order valence-corrected chi connectivity index (χ3v) is 2.63. The second-order valence-corrected chi connectivity index (χ2v) is 4.82. The minimum atomic E-state index is 0.151. The van der Waals surface area contributed by atoms with Crippen LogP contribution in [0, 0.1) is 5.92 Å². The van der Waals surface area contributed by atoms with Gasteiger partial charge in [-0.3, -0.25) is 0 Å². The van der Waals surface area contributed by atoms with Gasteiger partial charge in [0.15, 0.2) is 0 Å². The Balaban J connectivity index is 2.35. The van der Waals surface area contributed by atoms with Gasteiger partial charge in [0.1, 0.15) is 12.7 Å². The predicted octanol–water partition coefficient (Wildman–Crippen LogP) is 1.59. The third-order valence-electron chi connectivity index (χ3n) is 2.46. The Morgan fingerprint density at radius 1 is 1.32 bits per heavy atom. The van der Waals surface area contributed by atoms with Crippen molar-refractivity contribution < 1.29 is 0 Å². The van der Waals surface area contributed by atoms with E-state index < -0.39 is 0 Å². The fraction of sp³-hybridized carbons (Fsp3) is 0.545. The Bertz CT molecular complexity index is 526. The van der Waals surface area contributed by atoms with Crippen LogP contribution in [0.1, 0.15) is 20.8 Å². The molecule has 0 atom stereocenters. The first kappa shape index (κ1) is 13.7. The van der Waals surface area contributed by atoms with Crippen LogP contribution in [0.5, 0.6) is 0 Å². The number of halogens is 1. The Hall–Kier alpha value is -1.76. The third kappa shape index (κ3) is 3.37. The van der Waals surface area contributed by atoms with Gasteiger partial charge in [-0.2, -0.15) is 24.7 Å². The molecular formula is C11H16ClN7. The molecule has 2 rings (SSSR count). The second kappa shape index (κ2) is 5.92. The quantitative estimate of drug-likeness (QED) is 0.829. The van der Waals surface area contributed by atoms with Crippen molar-refractivity contribution >= 4 is 17.5 Å². The molecule has 2 aromatic heterocycles. The molecule has 0 fully saturated rings. The number of aromatic nitrogens is 6. The van der Waals surface area contributed by atoms with Gasteiger partial charge in [0.05, 0.1) is 0 Å². The summed E-state index contributed by atoms with van der Waals surface area (Å²) in [5.74, 6) is 1.43. The smallest absolute Gasteiger partial charge is 0.258 e. The molecule has 2 heterocycles. The summed E-state index contributed by atoms with van der Waals surface area (Å²) in [5.41, 5.74) is 0. The fourth-order valence-electron chi connectivity index (χ4n) is 1.68. The van der Waals surface area contributed by atoms with Crippen LogP contribution in [0.4, 0.5) is 5.95 Å². The van der Waals surface area contributed by atoms with Crippen LogP contribution < -0.4 is 4.90 Å². The molecule has 19 heavy (non-hydrogen) atoms. The number of hydrogen-bond acceptors (Lipinski definition) is 6. The van der Waals surface area contributed by atoms with E-state index in [1.54, 1.807) is 0 Å². The summed E-state index contributed by atoms with van der Waals surface area (Å²) in [6.45, 7) is 7.99. The molecule has 0 amide bonds. The van der Waals surface area contributed by atoms with E-state index in [0.717, 1.165) is 13.1 Å². The highest BCUT2D eigenvalue weighted by Crippen LogP contribution is 2.14. The molecule has 0 unspecified atom stereocenters. The van der Waals surface area contributed by atoms with Gasteiger partial charge in [-0.15, -0.1) is 0 Å². The minimum Gasteiger partial charge on any atom is -0.341 e. The molecule has 0 radical (unpaired) electrons. The van der Waals surface area contributed by atoms with Crippen molar-refractivity contribution in [3.63, 3.8) is 0 Å². The Kier molecular flexibility index (Phi) is 4.26. The van der Waals surface area contributed by atoms with E-state index in [1.807, 2.05) is 0 Å². The van der Waals surface area contributed by atoms with Gasteiger partial charge >= 0.3 is 0 Å². The van der Waals surface area contributed by atoms with Crippen LogP contribution in [-0.2, 0) is 0 Å². The average molecular weight is 282 g/mol. The van der Waals surface area contributed by atoms with Crippen molar-refractivity contribution in [2.75, 3.05) is 18.0 Å². The molecule has 0 saturated carbocycles. The summed E-state index contributed by atoms with van der Waals surface area (Å²) in [6, 6.07) is 0. The zero-order valence-electron chi connectivity index (χ0n) is 11.2. The fourth-order valence-corrected chi connectivity index (χ4v) is 1.83. The predicted molar refractivity (Wildman–Crippen MR) is 72.5 cm³/mol. The van der Waals surface area contributed by atoms with E-state index in [4.69, 9.17) is 11.6 Å². The van der Waals surface area contributed by atoms with Gasteiger partial charge in [-0.1, -0.05) is 13.8 Å². The largest absolute Gasteiger partial charge is 0.341 e. The number of rotatable bonds is 5. The Morgan fingerprint density at radius 3 is 2.68 bits per heavy atom. The van der Waals surface area contributed by atoms with E-state index in [2.05, 4.69) is 50.7 Å². The zero-order valence-corrected chi connectivity index (χ0v) is 11.9. The van der Waals surface area contributed by atoms with Crippen molar-refractivity contribution in [1.29, 1.82) is 0 Å². The van der Waals surface area contributed by atoms with Gasteiger partial charge < -0.3 is 4.90 Å². The summed E-state index contributed by atoms with van der Waals surface area (Å²) in [4.78, 5) is 18.5. The Morgan fingerprint density at radius 2 is 2.11 bits per heavy atom. The maximum Gasteiger partial charge on any atom is 0.258 e. The minimum absolute atomic E-state index is 0.151. The molecule has 0 aliphatic carbocycles. The summed E-state index contributed by atoms with van der Waals surface area (Å²) in [7, 11) is 0. The first-order valence-corrected chi connectivity index (χ1v) is 6.49. The molecule has 0 aliphatic heterocycles. The monoisotopic (exact) mass is 281 g/mol. The average Bonchev–Trinajstić information content (AvgIpc) is 2.88. The molecule has 0 N–H and O–H groups in total. The molecule has 8 heteroatoms. The van der Waals surface area contributed by atoms with Gasteiger partial charge in [-0.25, -0.2) is 4.98 Å².